The van der Waals surface area contributed by atoms with Gasteiger partial charge in [0.2, 0.25) is 5.91 Å². The van der Waals surface area contributed by atoms with Gasteiger partial charge >= 0.3 is 0 Å². The summed E-state index contributed by atoms with van der Waals surface area (Å²) >= 11 is 1.77. The Morgan fingerprint density at radius 2 is 2.20 bits per heavy atom. The van der Waals surface area contributed by atoms with Crippen LogP contribution < -0.4 is 10.6 Å². The molecule has 15 heavy (non-hydrogen) atoms. The van der Waals surface area contributed by atoms with Crippen LogP contribution in [0.4, 0.5) is 0 Å². The van der Waals surface area contributed by atoms with Crippen molar-refractivity contribution in [3.05, 3.63) is 0 Å². The predicted octanol–water partition coefficient (Wildman–Crippen LogP) is 1.24. The number of thioether (sulfide) groups is 1. The second kappa shape index (κ2) is 7.12. The van der Waals surface area contributed by atoms with Crippen LogP contribution in [0.3, 0.4) is 0 Å². The summed E-state index contributed by atoms with van der Waals surface area (Å²) in [6.45, 7) is 4.20. The van der Waals surface area contributed by atoms with E-state index in [2.05, 4.69) is 23.8 Å². The van der Waals surface area contributed by atoms with Gasteiger partial charge < -0.3 is 10.6 Å². The van der Waals surface area contributed by atoms with Crippen LogP contribution in [-0.2, 0) is 4.79 Å². The molecule has 1 amide bonds. The number of carbonyl (C=O) groups is 1. The molecule has 1 heterocycles. The fourth-order valence-corrected chi connectivity index (χ4v) is 2.56. The Bertz CT molecular complexity index is 193. The Morgan fingerprint density at radius 1 is 1.53 bits per heavy atom. The first-order valence-electron chi connectivity index (χ1n) is 5.71. The van der Waals surface area contributed by atoms with E-state index in [1.807, 2.05) is 0 Å². The molecule has 88 valence electrons. The first kappa shape index (κ1) is 12.8. The van der Waals surface area contributed by atoms with Crippen molar-refractivity contribution in [3.63, 3.8) is 0 Å². The lowest BCUT2D eigenvalue weighted by Crippen LogP contribution is -2.37. The van der Waals surface area contributed by atoms with Gasteiger partial charge in [0.05, 0.1) is 0 Å². The van der Waals surface area contributed by atoms with Crippen LogP contribution in [0.25, 0.3) is 0 Å². The molecule has 1 fully saturated rings. The molecule has 0 bridgehead atoms. The molecule has 1 rings (SSSR count). The molecule has 0 aromatic carbocycles. The van der Waals surface area contributed by atoms with Crippen molar-refractivity contribution < 1.29 is 4.79 Å². The Kier molecular flexibility index (Phi) is 6.10. The van der Waals surface area contributed by atoms with Crippen LogP contribution in [0.2, 0.25) is 0 Å². The van der Waals surface area contributed by atoms with Crippen molar-refractivity contribution in [1.29, 1.82) is 0 Å². The van der Waals surface area contributed by atoms with E-state index in [0.717, 1.165) is 31.7 Å². The SMILES string of the molecule is CSCC(C)NC(=O)CC1CCNCC1. The number of hydrogen-bond acceptors (Lipinski definition) is 3. The van der Waals surface area contributed by atoms with E-state index < -0.39 is 0 Å². The van der Waals surface area contributed by atoms with Crippen molar-refractivity contribution in [2.75, 3.05) is 25.1 Å². The molecular formula is C11H22N2OS. The third-order valence-corrected chi connectivity index (χ3v) is 3.59. The zero-order valence-corrected chi connectivity index (χ0v) is 10.5. The summed E-state index contributed by atoms with van der Waals surface area (Å²) in [5.41, 5.74) is 0. The fraction of sp³-hybridized carbons (Fsp3) is 0.909. The molecule has 1 aliphatic rings. The van der Waals surface area contributed by atoms with Gasteiger partial charge in [0.1, 0.15) is 0 Å². The Hall–Kier alpha value is -0.220. The van der Waals surface area contributed by atoms with Crippen LogP contribution in [0.15, 0.2) is 0 Å². The summed E-state index contributed by atoms with van der Waals surface area (Å²) in [5, 5.41) is 6.36. The maximum absolute atomic E-state index is 11.7. The zero-order valence-electron chi connectivity index (χ0n) is 9.71. The second-order valence-electron chi connectivity index (χ2n) is 4.32. The largest absolute Gasteiger partial charge is 0.353 e. The molecule has 0 aliphatic carbocycles. The second-order valence-corrected chi connectivity index (χ2v) is 5.23. The molecule has 2 N–H and O–H groups in total. The van der Waals surface area contributed by atoms with Crippen LogP contribution >= 0.6 is 11.8 Å². The summed E-state index contributed by atoms with van der Waals surface area (Å²) in [7, 11) is 0. The van der Waals surface area contributed by atoms with Gasteiger partial charge in [0.25, 0.3) is 0 Å². The maximum atomic E-state index is 11.7. The summed E-state index contributed by atoms with van der Waals surface area (Å²) < 4.78 is 0. The zero-order chi connectivity index (χ0) is 11.1. The first-order valence-corrected chi connectivity index (χ1v) is 7.10. The van der Waals surface area contributed by atoms with E-state index in [1.165, 1.54) is 0 Å². The Labute approximate surface area is 96.8 Å². The number of piperidine rings is 1. The van der Waals surface area contributed by atoms with Gasteiger partial charge in [0, 0.05) is 18.2 Å². The lowest BCUT2D eigenvalue weighted by atomic mass is 9.94. The highest BCUT2D eigenvalue weighted by Crippen LogP contribution is 2.15. The van der Waals surface area contributed by atoms with Gasteiger partial charge in [-0.2, -0.15) is 11.8 Å². The smallest absolute Gasteiger partial charge is 0.220 e. The number of carbonyl (C=O) groups excluding carboxylic acids is 1. The molecular weight excluding hydrogens is 208 g/mol. The Morgan fingerprint density at radius 3 is 2.80 bits per heavy atom. The summed E-state index contributed by atoms with van der Waals surface area (Å²) in [4.78, 5) is 11.7. The van der Waals surface area contributed by atoms with Crippen molar-refractivity contribution in [2.45, 2.75) is 32.2 Å². The number of hydrogen-bond donors (Lipinski definition) is 2. The first-order chi connectivity index (χ1) is 7.22. The van der Waals surface area contributed by atoms with Crippen molar-refractivity contribution in [3.8, 4) is 0 Å². The number of amides is 1. The molecule has 1 unspecified atom stereocenters. The molecule has 1 aliphatic heterocycles. The van der Waals surface area contributed by atoms with Crippen LogP contribution in [-0.4, -0.2) is 37.0 Å². The molecule has 0 radical (unpaired) electrons. The standard InChI is InChI=1S/C11H22N2OS/c1-9(8-15-2)13-11(14)7-10-3-5-12-6-4-10/h9-10,12H,3-8H2,1-2H3,(H,13,14). The van der Waals surface area contributed by atoms with Crippen molar-refractivity contribution >= 4 is 17.7 Å². The molecule has 3 nitrogen and oxygen atoms in total. The Balaban J connectivity index is 2.16. The normalized spacial score (nSPS) is 19.9. The van der Waals surface area contributed by atoms with E-state index in [4.69, 9.17) is 0 Å². The minimum absolute atomic E-state index is 0.225. The molecule has 0 spiro atoms. The topological polar surface area (TPSA) is 41.1 Å². The van der Waals surface area contributed by atoms with E-state index in [9.17, 15) is 4.79 Å². The highest BCUT2D eigenvalue weighted by molar-refractivity contribution is 7.98. The van der Waals surface area contributed by atoms with E-state index in [0.29, 0.717) is 18.4 Å². The minimum atomic E-state index is 0.225. The van der Waals surface area contributed by atoms with E-state index in [-0.39, 0.29) is 5.91 Å². The third kappa shape index (κ3) is 5.42. The third-order valence-electron chi connectivity index (χ3n) is 2.76. The van der Waals surface area contributed by atoms with Crippen molar-refractivity contribution in [1.82, 2.24) is 10.6 Å². The van der Waals surface area contributed by atoms with E-state index >= 15 is 0 Å². The van der Waals surface area contributed by atoms with Gasteiger partial charge in [-0.15, -0.1) is 0 Å². The number of nitrogens with one attached hydrogen (secondary N) is 2. The van der Waals surface area contributed by atoms with E-state index in [1.54, 1.807) is 11.8 Å². The fourth-order valence-electron chi connectivity index (χ4n) is 1.97. The van der Waals surface area contributed by atoms with Gasteiger partial charge in [0.15, 0.2) is 0 Å². The lowest BCUT2D eigenvalue weighted by Gasteiger charge is -2.22. The molecule has 4 heteroatoms. The average molecular weight is 230 g/mol. The van der Waals surface area contributed by atoms with Gasteiger partial charge in [-0.25, -0.2) is 0 Å². The minimum Gasteiger partial charge on any atom is -0.353 e. The summed E-state index contributed by atoms with van der Waals surface area (Å²) in [5.74, 6) is 1.81. The van der Waals surface area contributed by atoms with Crippen LogP contribution in [0, 0.1) is 5.92 Å². The quantitative estimate of drug-likeness (QED) is 0.747. The van der Waals surface area contributed by atoms with Gasteiger partial charge in [-0.05, 0) is 45.0 Å². The summed E-state index contributed by atoms with van der Waals surface area (Å²) in [6.07, 6.45) is 5.06. The molecule has 0 aromatic heterocycles. The molecule has 0 saturated carbocycles. The molecule has 1 saturated heterocycles. The lowest BCUT2D eigenvalue weighted by molar-refractivity contribution is -0.122. The highest BCUT2D eigenvalue weighted by Gasteiger charge is 2.17. The maximum Gasteiger partial charge on any atom is 0.220 e. The molecule has 1 atom stereocenters. The van der Waals surface area contributed by atoms with Crippen LogP contribution in [0.1, 0.15) is 26.2 Å². The summed E-state index contributed by atoms with van der Waals surface area (Å²) in [6, 6.07) is 0.300. The molecule has 0 aromatic rings. The monoisotopic (exact) mass is 230 g/mol. The highest BCUT2D eigenvalue weighted by atomic mass is 32.2. The number of rotatable bonds is 5. The predicted molar refractivity (Wildman–Crippen MR) is 66.2 cm³/mol. The van der Waals surface area contributed by atoms with Gasteiger partial charge in [-0.3, -0.25) is 4.79 Å². The van der Waals surface area contributed by atoms with Crippen molar-refractivity contribution in [2.24, 2.45) is 5.92 Å². The van der Waals surface area contributed by atoms with Gasteiger partial charge in [-0.1, -0.05) is 0 Å². The average Bonchev–Trinajstić information content (AvgIpc) is 2.19. The van der Waals surface area contributed by atoms with Crippen LogP contribution in [0.5, 0.6) is 0 Å².